The predicted octanol–water partition coefficient (Wildman–Crippen LogP) is 0.978. The van der Waals surface area contributed by atoms with Crippen LogP contribution >= 0.6 is 15.9 Å². The van der Waals surface area contributed by atoms with Gasteiger partial charge in [0.2, 0.25) is 0 Å². The lowest BCUT2D eigenvalue weighted by Gasteiger charge is -2.26. The summed E-state index contributed by atoms with van der Waals surface area (Å²) in [6, 6.07) is 0. The van der Waals surface area contributed by atoms with Gasteiger partial charge in [-0.25, -0.2) is 4.98 Å². The molecular formula is C9H14BrN3O. The lowest BCUT2D eigenvalue weighted by Crippen LogP contribution is -2.38. The molecule has 0 spiro atoms. The van der Waals surface area contributed by atoms with E-state index in [-0.39, 0.29) is 0 Å². The number of ether oxygens (including phenoxy) is 1. The first-order chi connectivity index (χ1) is 6.86. The molecule has 14 heavy (non-hydrogen) atoms. The smallest absolute Gasteiger partial charge is 0.177 e. The molecule has 1 aliphatic heterocycles. The van der Waals surface area contributed by atoms with Crippen molar-refractivity contribution >= 4 is 15.9 Å². The second-order valence-electron chi connectivity index (χ2n) is 3.34. The zero-order valence-electron chi connectivity index (χ0n) is 8.03. The molecule has 5 heteroatoms. The minimum absolute atomic E-state index is 0.866. The van der Waals surface area contributed by atoms with Crippen molar-refractivity contribution in [2.45, 2.75) is 6.54 Å². The Bertz CT molecular complexity index is 283. The van der Waals surface area contributed by atoms with Crippen LogP contribution in [0.2, 0.25) is 0 Å². The van der Waals surface area contributed by atoms with Crippen LogP contribution in [-0.2, 0) is 11.3 Å². The number of hydrogen-bond acceptors (Lipinski definition) is 3. The van der Waals surface area contributed by atoms with Crippen molar-refractivity contribution in [3.8, 4) is 0 Å². The maximum atomic E-state index is 5.29. The molecule has 0 bridgehead atoms. The highest BCUT2D eigenvalue weighted by Gasteiger charge is 2.10. The summed E-state index contributed by atoms with van der Waals surface area (Å²) in [7, 11) is 0. The van der Waals surface area contributed by atoms with Crippen molar-refractivity contribution in [3.05, 3.63) is 17.1 Å². The molecule has 0 N–H and O–H groups in total. The molecule has 1 aromatic rings. The summed E-state index contributed by atoms with van der Waals surface area (Å²) in [6.07, 6.45) is 3.80. The van der Waals surface area contributed by atoms with E-state index in [1.807, 2.05) is 12.4 Å². The molecule has 0 radical (unpaired) electrons. The maximum absolute atomic E-state index is 5.29. The number of nitrogens with zero attached hydrogens (tertiary/aromatic N) is 3. The molecule has 0 aliphatic carbocycles. The van der Waals surface area contributed by atoms with Crippen LogP contribution in [0.4, 0.5) is 0 Å². The molecule has 4 nitrogen and oxygen atoms in total. The molecule has 1 saturated heterocycles. The Kier molecular flexibility index (Phi) is 3.55. The average Bonchev–Trinajstić information content (AvgIpc) is 2.63. The van der Waals surface area contributed by atoms with Crippen LogP contribution in [0.1, 0.15) is 0 Å². The summed E-state index contributed by atoms with van der Waals surface area (Å²) in [5.41, 5.74) is 0. The zero-order chi connectivity index (χ0) is 9.80. The highest BCUT2D eigenvalue weighted by Crippen LogP contribution is 2.06. The van der Waals surface area contributed by atoms with Crippen molar-refractivity contribution < 1.29 is 4.74 Å². The van der Waals surface area contributed by atoms with E-state index >= 15 is 0 Å². The summed E-state index contributed by atoms with van der Waals surface area (Å²) >= 11 is 3.40. The monoisotopic (exact) mass is 259 g/mol. The number of imidazole rings is 1. The second kappa shape index (κ2) is 4.91. The molecule has 2 rings (SSSR count). The summed E-state index contributed by atoms with van der Waals surface area (Å²) < 4.78 is 8.31. The van der Waals surface area contributed by atoms with Gasteiger partial charge in [0.15, 0.2) is 4.73 Å². The lowest BCUT2D eigenvalue weighted by atomic mass is 10.4. The maximum Gasteiger partial charge on any atom is 0.177 e. The molecule has 1 fully saturated rings. The fourth-order valence-corrected chi connectivity index (χ4v) is 1.97. The van der Waals surface area contributed by atoms with Crippen molar-refractivity contribution in [3.63, 3.8) is 0 Å². The molecule has 0 amide bonds. The third-order valence-corrected chi connectivity index (χ3v) is 3.09. The van der Waals surface area contributed by atoms with Crippen LogP contribution in [0.25, 0.3) is 0 Å². The molecule has 1 aliphatic rings. The van der Waals surface area contributed by atoms with E-state index in [0.717, 1.165) is 44.1 Å². The lowest BCUT2D eigenvalue weighted by molar-refractivity contribution is 0.0363. The highest BCUT2D eigenvalue weighted by molar-refractivity contribution is 9.10. The normalized spacial score (nSPS) is 18.6. The minimum Gasteiger partial charge on any atom is -0.379 e. The molecule has 0 saturated carbocycles. The Morgan fingerprint density at radius 2 is 2.14 bits per heavy atom. The Labute approximate surface area is 92.0 Å². The molecule has 0 unspecified atom stereocenters. The topological polar surface area (TPSA) is 30.3 Å². The van der Waals surface area contributed by atoms with Gasteiger partial charge in [-0.05, 0) is 15.9 Å². The fourth-order valence-electron chi connectivity index (χ4n) is 1.55. The molecule has 0 atom stereocenters. The van der Waals surface area contributed by atoms with Gasteiger partial charge in [-0.2, -0.15) is 0 Å². The molecule has 78 valence electrons. The van der Waals surface area contributed by atoms with Gasteiger partial charge in [0.25, 0.3) is 0 Å². The first-order valence-electron chi connectivity index (χ1n) is 4.83. The van der Waals surface area contributed by atoms with E-state index in [4.69, 9.17) is 4.74 Å². The van der Waals surface area contributed by atoms with Crippen molar-refractivity contribution in [1.29, 1.82) is 0 Å². The van der Waals surface area contributed by atoms with E-state index in [2.05, 4.69) is 30.4 Å². The summed E-state index contributed by atoms with van der Waals surface area (Å²) in [6.45, 7) is 5.88. The number of hydrogen-bond donors (Lipinski definition) is 0. The largest absolute Gasteiger partial charge is 0.379 e. The van der Waals surface area contributed by atoms with Crippen LogP contribution in [-0.4, -0.2) is 47.3 Å². The van der Waals surface area contributed by atoms with E-state index < -0.39 is 0 Å². The highest BCUT2D eigenvalue weighted by atomic mass is 79.9. The van der Waals surface area contributed by atoms with Crippen LogP contribution in [0.3, 0.4) is 0 Å². The van der Waals surface area contributed by atoms with Gasteiger partial charge in [0.05, 0.1) is 13.2 Å². The first-order valence-corrected chi connectivity index (χ1v) is 5.62. The van der Waals surface area contributed by atoms with E-state index in [1.165, 1.54) is 0 Å². The average molecular weight is 260 g/mol. The quantitative estimate of drug-likeness (QED) is 0.811. The van der Waals surface area contributed by atoms with E-state index in [9.17, 15) is 0 Å². The molecule has 1 aromatic heterocycles. The van der Waals surface area contributed by atoms with Crippen LogP contribution in [0.5, 0.6) is 0 Å². The van der Waals surface area contributed by atoms with Crippen LogP contribution in [0, 0.1) is 0 Å². The van der Waals surface area contributed by atoms with Crippen LogP contribution in [0.15, 0.2) is 17.1 Å². The SMILES string of the molecule is Brc1nccn1CCN1CCOCC1. The standard InChI is InChI=1S/C9H14BrN3O/c10-9-11-1-2-13(9)4-3-12-5-7-14-8-6-12/h1-2H,3-8H2. The third kappa shape index (κ3) is 2.56. The Morgan fingerprint density at radius 1 is 1.36 bits per heavy atom. The number of morpholine rings is 1. The Morgan fingerprint density at radius 3 is 2.79 bits per heavy atom. The van der Waals surface area contributed by atoms with E-state index in [0.29, 0.717) is 0 Å². The summed E-state index contributed by atoms with van der Waals surface area (Å²) in [5, 5.41) is 0. The number of rotatable bonds is 3. The van der Waals surface area contributed by atoms with E-state index in [1.54, 1.807) is 0 Å². The van der Waals surface area contributed by atoms with Gasteiger partial charge >= 0.3 is 0 Å². The van der Waals surface area contributed by atoms with Gasteiger partial charge in [-0.3, -0.25) is 4.90 Å². The molecular weight excluding hydrogens is 246 g/mol. The predicted molar refractivity (Wildman–Crippen MR) is 57.2 cm³/mol. The van der Waals surface area contributed by atoms with Gasteiger partial charge in [-0.15, -0.1) is 0 Å². The fraction of sp³-hybridized carbons (Fsp3) is 0.667. The number of halogens is 1. The van der Waals surface area contributed by atoms with Gasteiger partial charge in [0, 0.05) is 38.6 Å². The Balaban J connectivity index is 1.79. The zero-order valence-corrected chi connectivity index (χ0v) is 9.61. The van der Waals surface area contributed by atoms with Crippen molar-refractivity contribution in [1.82, 2.24) is 14.5 Å². The van der Waals surface area contributed by atoms with Crippen LogP contribution < -0.4 is 0 Å². The molecule has 2 heterocycles. The second-order valence-corrected chi connectivity index (χ2v) is 4.05. The van der Waals surface area contributed by atoms with Crippen molar-refractivity contribution in [2.75, 3.05) is 32.8 Å². The van der Waals surface area contributed by atoms with Gasteiger partial charge < -0.3 is 9.30 Å². The Hall–Kier alpha value is -0.390. The summed E-state index contributed by atoms with van der Waals surface area (Å²) in [4.78, 5) is 6.53. The van der Waals surface area contributed by atoms with Crippen molar-refractivity contribution in [2.24, 2.45) is 0 Å². The third-order valence-electron chi connectivity index (χ3n) is 2.43. The minimum atomic E-state index is 0.866. The van der Waals surface area contributed by atoms with Gasteiger partial charge in [-0.1, -0.05) is 0 Å². The first kappa shape index (κ1) is 10.1. The summed E-state index contributed by atoms with van der Waals surface area (Å²) in [5.74, 6) is 0. The number of aromatic nitrogens is 2. The van der Waals surface area contributed by atoms with Gasteiger partial charge in [0.1, 0.15) is 0 Å². The molecule has 0 aromatic carbocycles.